The lowest BCUT2D eigenvalue weighted by Crippen LogP contribution is -2.13. The largest absolute Gasteiger partial charge is 0.524 e. The molecule has 1 aliphatic rings. The van der Waals surface area contributed by atoms with Gasteiger partial charge in [-0.05, 0) is 95.0 Å². The molecule has 7 nitrogen and oxygen atoms in total. The molecule has 3 N–H and O–H groups in total. The van der Waals surface area contributed by atoms with E-state index < -0.39 is 13.8 Å². The molecule has 0 fully saturated rings. The van der Waals surface area contributed by atoms with E-state index in [1.807, 2.05) is 40.7 Å². The van der Waals surface area contributed by atoms with Crippen LogP contribution in [0.2, 0.25) is 0 Å². The van der Waals surface area contributed by atoms with Gasteiger partial charge >= 0.3 is 13.8 Å². The standard InChI is InChI=1S/C28H31O7P/c1-15(2)21-13-23(17(5)11-25(21)29)27(19-9-7-8-10-20(19)28(30)31)24-14-22(16(3)4)26(12-18(24)6)35-36(32,33)34/h7-16H,1-6H3,(H,30,31)(H2,32,33,34)/b27-23-. The number of hydrogen-bond acceptors (Lipinski definition) is 4. The van der Waals surface area contributed by atoms with Crippen molar-refractivity contribution in [3.63, 3.8) is 0 Å². The van der Waals surface area contributed by atoms with E-state index in [9.17, 15) is 29.0 Å². The Bertz CT molecular complexity index is 1370. The predicted octanol–water partition coefficient (Wildman–Crippen LogP) is 6.20. The Morgan fingerprint density at radius 2 is 1.53 bits per heavy atom. The number of ketones is 1. The van der Waals surface area contributed by atoms with Gasteiger partial charge in [0.15, 0.2) is 5.78 Å². The lowest BCUT2D eigenvalue weighted by Gasteiger charge is -2.24. The highest BCUT2D eigenvalue weighted by atomic mass is 31.2. The molecule has 0 aromatic heterocycles. The number of phosphoric acid groups is 1. The number of hydrogen-bond donors (Lipinski definition) is 3. The van der Waals surface area contributed by atoms with Crippen molar-refractivity contribution in [2.75, 3.05) is 0 Å². The average molecular weight is 511 g/mol. The normalized spacial score (nSPS) is 15.7. The molecule has 2 aromatic rings. The summed E-state index contributed by atoms with van der Waals surface area (Å²) in [5.41, 5.74) is 5.10. The maximum Gasteiger partial charge on any atom is 0.524 e. The van der Waals surface area contributed by atoms with Crippen molar-refractivity contribution in [2.24, 2.45) is 5.92 Å². The van der Waals surface area contributed by atoms with Gasteiger partial charge < -0.3 is 9.63 Å². The van der Waals surface area contributed by atoms with Crippen LogP contribution >= 0.6 is 7.82 Å². The number of carboxylic acids is 1. The molecule has 0 spiro atoms. The predicted molar refractivity (Wildman–Crippen MR) is 139 cm³/mol. The SMILES string of the molecule is CC1=CC(=O)C(C(C)C)=C/C1=C(/c1cc(C(C)C)c(OP(=O)(O)O)cc1C)c1ccccc1C(=O)O. The number of carboxylic acid groups (broad SMARTS) is 1. The van der Waals surface area contributed by atoms with Gasteiger partial charge in [-0.15, -0.1) is 0 Å². The first-order valence-electron chi connectivity index (χ1n) is 11.6. The molecule has 2 aromatic carbocycles. The van der Waals surface area contributed by atoms with Crippen molar-refractivity contribution in [2.45, 2.75) is 47.5 Å². The zero-order chi connectivity index (χ0) is 26.9. The quantitative estimate of drug-likeness (QED) is 0.379. The molecular weight excluding hydrogens is 479 g/mol. The molecule has 0 unspecified atom stereocenters. The van der Waals surface area contributed by atoms with Gasteiger partial charge in [-0.25, -0.2) is 9.36 Å². The number of rotatable bonds is 7. The second-order valence-corrected chi connectivity index (χ2v) is 10.7. The van der Waals surface area contributed by atoms with Crippen molar-refractivity contribution in [3.05, 3.63) is 93.1 Å². The van der Waals surface area contributed by atoms with Gasteiger partial charge in [-0.1, -0.05) is 45.9 Å². The summed E-state index contributed by atoms with van der Waals surface area (Å²) in [6.45, 7) is 11.2. The maximum absolute atomic E-state index is 12.7. The Morgan fingerprint density at radius 3 is 2.06 bits per heavy atom. The summed E-state index contributed by atoms with van der Waals surface area (Å²) in [7, 11) is -4.80. The monoisotopic (exact) mass is 510 g/mol. The summed E-state index contributed by atoms with van der Waals surface area (Å²) in [5, 5.41) is 9.98. The molecule has 1 aliphatic carbocycles. The van der Waals surface area contributed by atoms with Gasteiger partial charge in [0.2, 0.25) is 0 Å². The van der Waals surface area contributed by atoms with E-state index in [1.54, 1.807) is 43.3 Å². The second-order valence-electron chi connectivity index (χ2n) is 9.53. The van der Waals surface area contributed by atoms with Crippen LogP contribution in [-0.2, 0) is 9.36 Å². The molecule has 8 heteroatoms. The fourth-order valence-corrected chi connectivity index (χ4v) is 4.78. The molecule has 0 bridgehead atoms. The minimum absolute atomic E-state index is 0.0424. The van der Waals surface area contributed by atoms with Crippen LogP contribution in [0.5, 0.6) is 5.75 Å². The van der Waals surface area contributed by atoms with Crippen LogP contribution in [0.3, 0.4) is 0 Å². The van der Waals surface area contributed by atoms with Gasteiger partial charge in [-0.3, -0.25) is 14.6 Å². The molecule has 0 radical (unpaired) electrons. The van der Waals surface area contributed by atoms with Crippen molar-refractivity contribution >= 4 is 25.1 Å². The Morgan fingerprint density at radius 1 is 0.917 bits per heavy atom. The van der Waals surface area contributed by atoms with Crippen LogP contribution in [0.4, 0.5) is 0 Å². The third kappa shape index (κ3) is 5.76. The Labute approximate surface area is 211 Å². The second kappa shape index (κ2) is 10.4. The van der Waals surface area contributed by atoms with Crippen molar-refractivity contribution in [1.82, 2.24) is 0 Å². The highest BCUT2D eigenvalue weighted by Gasteiger charge is 2.27. The van der Waals surface area contributed by atoms with Crippen LogP contribution in [0.15, 0.2) is 65.3 Å². The third-order valence-electron chi connectivity index (χ3n) is 6.14. The highest BCUT2D eigenvalue weighted by Crippen LogP contribution is 2.45. The molecule has 0 saturated carbocycles. The summed E-state index contributed by atoms with van der Waals surface area (Å²) in [5.74, 6) is -1.30. The van der Waals surface area contributed by atoms with Gasteiger partial charge in [0.1, 0.15) is 5.75 Å². The Kier molecular flexibility index (Phi) is 7.89. The molecule has 0 heterocycles. The van der Waals surface area contributed by atoms with E-state index in [1.165, 1.54) is 6.07 Å². The third-order valence-corrected chi connectivity index (χ3v) is 6.57. The van der Waals surface area contributed by atoms with E-state index in [2.05, 4.69) is 0 Å². The topological polar surface area (TPSA) is 121 Å². The number of allylic oxidation sites excluding steroid dienone is 5. The molecule has 0 saturated heterocycles. The summed E-state index contributed by atoms with van der Waals surface area (Å²) < 4.78 is 16.6. The molecule has 190 valence electrons. The van der Waals surface area contributed by atoms with Gasteiger partial charge in [0, 0.05) is 5.57 Å². The number of carbonyl (C=O) groups is 2. The summed E-state index contributed by atoms with van der Waals surface area (Å²) in [6.07, 6.45) is 3.39. The number of aryl methyl sites for hydroxylation is 1. The van der Waals surface area contributed by atoms with E-state index in [-0.39, 0.29) is 28.9 Å². The zero-order valence-electron chi connectivity index (χ0n) is 21.2. The lowest BCUT2D eigenvalue weighted by atomic mass is 9.80. The Balaban J connectivity index is 2.49. The lowest BCUT2D eigenvalue weighted by molar-refractivity contribution is -0.111. The minimum Gasteiger partial charge on any atom is -0.478 e. The zero-order valence-corrected chi connectivity index (χ0v) is 22.1. The Hall–Kier alpha value is -3.25. The van der Waals surface area contributed by atoms with Crippen LogP contribution in [0, 0.1) is 12.8 Å². The number of phosphoric ester groups is 1. The van der Waals surface area contributed by atoms with E-state index >= 15 is 0 Å². The molecule has 0 amide bonds. The first kappa shape index (κ1) is 27.3. The van der Waals surface area contributed by atoms with Crippen molar-refractivity contribution < 1.29 is 33.6 Å². The van der Waals surface area contributed by atoms with Crippen LogP contribution < -0.4 is 4.52 Å². The van der Waals surface area contributed by atoms with Crippen molar-refractivity contribution in [1.29, 1.82) is 0 Å². The van der Waals surface area contributed by atoms with Crippen LogP contribution in [0.1, 0.15) is 73.1 Å². The number of benzene rings is 2. The van der Waals surface area contributed by atoms with E-state index in [0.29, 0.717) is 44.5 Å². The summed E-state index contributed by atoms with van der Waals surface area (Å²) in [4.78, 5) is 43.8. The molecule has 36 heavy (non-hydrogen) atoms. The first-order valence-corrected chi connectivity index (χ1v) is 13.2. The van der Waals surface area contributed by atoms with Crippen molar-refractivity contribution in [3.8, 4) is 5.75 Å². The van der Waals surface area contributed by atoms with Gasteiger partial charge in [0.05, 0.1) is 5.56 Å². The number of carbonyl (C=O) groups excluding carboxylic acids is 1. The van der Waals surface area contributed by atoms with E-state index in [0.717, 1.165) is 0 Å². The summed E-state index contributed by atoms with van der Waals surface area (Å²) in [6, 6.07) is 10.0. The van der Waals surface area contributed by atoms with E-state index in [4.69, 9.17) is 4.52 Å². The fourth-order valence-electron chi connectivity index (χ4n) is 4.37. The van der Waals surface area contributed by atoms with Gasteiger partial charge in [0.25, 0.3) is 0 Å². The van der Waals surface area contributed by atoms with Crippen LogP contribution in [-0.4, -0.2) is 26.6 Å². The smallest absolute Gasteiger partial charge is 0.478 e. The van der Waals surface area contributed by atoms with Crippen LogP contribution in [0.25, 0.3) is 5.57 Å². The molecular formula is C28H31O7P. The highest BCUT2D eigenvalue weighted by molar-refractivity contribution is 7.46. The molecule has 3 rings (SSSR count). The summed E-state index contributed by atoms with van der Waals surface area (Å²) >= 11 is 0. The number of aromatic carboxylic acids is 1. The minimum atomic E-state index is -4.80. The first-order chi connectivity index (χ1) is 16.7. The molecule has 0 atom stereocenters. The average Bonchev–Trinajstić information content (AvgIpc) is 2.75. The fraction of sp³-hybridized carbons (Fsp3) is 0.286. The van der Waals surface area contributed by atoms with Gasteiger partial charge in [-0.2, -0.15) is 0 Å². The maximum atomic E-state index is 12.7. The molecule has 0 aliphatic heterocycles.